The minimum atomic E-state index is -0.452. The molecule has 7 aromatic heterocycles. The van der Waals surface area contributed by atoms with Crippen molar-refractivity contribution in [3.63, 3.8) is 0 Å². The number of nitrogens with zero attached hydrogens (tertiary/aromatic N) is 9. The Bertz CT molecular complexity index is 5220. The molecule has 6 N–H and O–H groups in total. The number of hydrogen-bond acceptors (Lipinski definition) is 22. The number of ether oxygens (including phenoxy) is 5. The number of amides is 3. The zero-order valence-corrected chi connectivity index (χ0v) is 62.0. The maximum atomic E-state index is 15.0. The number of aryl methyl sites for hydroxylation is 4. The zero-order valence-electron chi connectivity index (χ0n) is 59.6. The summed E-state index contributed by atoms with van der Waals surface area (Å²) in [6.45, 7) is 20.3. The molecule has 23 nitrogen and oxygen atoms in total. The Morgan fingerprint density at radius 3 is 1.46 bits per heavy atom. The summed E-state index contributed by atoms with van der Waals surface area (Å²) in [6, 6.07) is 47.8. The number of para-hydroxylation sites is 2. The Kier molecular flexibility index (Phi) is 23.6. The van der Waals surface area contributed by atoms with E-state index in [2.05, 4.69) is 88.3 Å². The SMILES string of the molecule is Cc1c(C(=O)NCCN2CCOCC2)sc2ncnc(Nc3ccc(Oc4ccccc4)cc3)c12.Cc1c(C(=O)Nc2ccc(CN3CCOCC3)cc2)sc2ncnc(Nc3ccc(Oc4ccccc4)cc3)c12.Cc1cc2c(F)c(Oc3ncnc4sc(C(=O)NCCN5CCCC5)c(C)c34)ccc2[nH]1. The molecule has 3 aliphatic heterocycles. The van der Waals surface area contributed by atoms with Crippen molar-refractivity contribution in [2.24, 2.45) is 0 Å². The standard InChI is InChI=1S/C31H29N5O3S.C26H27N5O3S.C23H24FN5O2S/c1-21-27-29(34-23-11-13-26(14-12-23)39-25-5-3-2-4-6-25)32-20-33-31(27)40-28(21)30(37)35-24-9-7-22(8-10-24)19-36-15-17-38-18-16-36;1-18-22-24(30-19-7-9-21(10-8-19)34-20-5-3-2-4-6-20)28-17-29-26(22)35-23(18)25(32)27-11-12-31-13-15-33-16-14-31;1-13-11-15-16(28-13)5-6-17(19(15)24)31-22-18-14(2)20(32-23(18)27-12-26-22)21(30)25-7-10-29-8-3-4-9-29/h2-14,20H,15-19H2,1H3,(H,35,37)(H,32,33,34);2-10,17H,11-16H2,1H3,(H,27,32)(H,28,29,30);5-6,11-12,28H,3-4,7-10H2,1-2H3,(H,25,30). The molecule has 3 saturated heterocycles. The minimum absolute atomic E-state index is 0.0767. The molecule has 0 aliphatic carbocycles. The van der Waals surface area contributed by atoms with Gasteiger partial charge >= 0.3 is 0 Å². The molecule has 107 heavy (non-hydrogen) atoms. The maximum absolute atomic E-state index is 15.0. The molecule has 0 spiro atoms. The molecule has 13 aromatic rings. The fraction of sp³-hybridized carbons (Fsp3) is 0.263. The third-order valence-electron chi connectivity index (χ3n) is 18.5. The zero-order chi connectivity index (χ0) is 73.6. The second kappa shape index (κ2) is 34.6. The predicted molar refractivity (Wildman–Crippen MR) is 420 cm³/mol. The molecule has 6 aromatic carbocycles. The summed E-state index contributed by atoms with van der Waals surface area (Å²) in [4.78, 5) is 79.4. The van der Waals surface area contributed by atoms with E-state index in [1.807, 2.05) is 149 Å². The molecule has 10 heterocycles. The van der Waals surface area contributed by atoms with Gasteiger partial charge < -0.3 is 60.2 Å². The number of anilines is 5. The Balaban J connectivity index is 0.000000135. The van der Waals surface area contributed by atoms with Crippen LogP contribution in [-0.2, 0) is 16.0 Å². The van der Waals surface area contributed by atoms with Gasteiger partial charge in [-0.3, -0.25) is 24.2 Å². The lowest BCUT2D eigenvalue weighted by Crippen LogP contribution is -2.41. The number of halogens is 1. The van der Waals surface area contributed by atoms with Crippen molar-refractivity contribution in [1.29, 1.82) is 0 Å². The first kappa shape index (κ1) is 73.0. The van der Waals surface area contributed by atoms with Crippen molar-refractivity contribution < 1.29 is 42.5 Å². The number of aromatic nitrogens is 7. The second-order valence-corrected chi connectivity index (χ2v) is 28.9. The first-order valence-corrected chi connectivity index (χ1v) is 37.9. The lowest BCUT2D eigenvalue weighted by atomic mass is 10.1. The molecule has 0 radical (unpaired) electrons. The van der Waals surface area contributed by atoms with Crippen LogP contribution in [0.15, 0.2) is 171 Å². The Morgan fingerprint density at radius 1 is 0.486 bits per heavy atom. The number of carbonyl (C=O) groups excluding carboxylic acids is 3. The molecule has 548 valence electrons. The molecule has 16 rings (SSSR count). The number of morpholine rings is 2. The van der Waals surface area contributed by atoms with Crippen molar-refractivity contribution in [1.82, 2.24) is 60.2 Å². The largest absolute Gasteiger partial charge is 0.457 e. The van der Waals surface area contributed by atoms with E-state index in [1.165, 1.54) is 71.4 Å². The summed E-state index contributed by atoms with van der Waals surface area (Å²) in [7, 11) is 0. The number of carbonyl (C=O) groups is 3. The average molecular weight is 1490 g/mol. The number of fused-ring (bicyclic) bond motifs is 4. The summed E-state index contributed by atoms with van der Waals surface area (Å²) in [6.07, 6.45) is 6.86. The quantitative estimate of drug-likeness (QED) is 0.0368. The summed E-state index contributed by atoms with van der Waals surface area (Å²) in [5.74, 6) is 3.89. The highest BCUT2D eigenvalue weighted by atomic mass is 32.1. The van der Waals surface area contributed by atoms with Gasteiger partial charge in [-0.2, -0.15) is 0 Å². The fourth-order valence-corrected chi connectivity index (χ4v) is 16.0. The van der Waals surface area contributed by atoms with Crippen LogP contribution in [0.2, 0.25) is 0 Å². The predicted octanol–water partition coefficient (Wildman–Crippen LogP) is 15.8. The van der Waals surface area contributed by atoms with Crippen LogP contribution in [0.25, 0.3) is 41.6 Å². The molecule has 0 saturated carbocycles. The number of benzene rings is 6. The third-order valence-corrected chi connectivity index (χ3v) is 22.0. The average Bonchev–Trinajstić information content (AvgIpc) is 1.66. The van der Waals surface area contributed by atoms with Gasteiger partial charge in [0.1, 0.15) is 68.1 Å². The van der Waals surface area contributed by atoms with Crippen LogP contribution in [0, 0.1) is 33.5 Å². The fourth-order valence-electron chi connectivity index (χ4n) is 12.9. The highest BCUT2D eigenvalue weighted by Crippen LogP contribution is 2.40. The van der Waals surface area contributed by atoms with Crippen LogP contribution in [0.4, 0.5) is 33.1 Å². The molecular formula is C80H80FN15O8S3. The summed E-state index contributed by atoms with van der Waals surface area (Å²) in [5.41, 5.74) is 7.72. The topological polar surface area (TPSA) is 260 Å². The Morgan fingerprint density at radius 2 is 0.935 bits per heavy atom. The van der Waals surface area contributed by atoms with Crippen molar-refractivity contribution in [3.8, 4) is 34.6 Å². The highest BCUT2D eigenvalue weighted by molar-refractivity contribution is 7.21. The molecule has 27 heteroatoms. The van der Waals surface area contributed by atoms with E-state index in [-0.39, 0.29) is 29.4 Å². The van der Waals surface area contributed by atoms with Gasteiger partial charge in [0.2, 0.25) is 5.88 Å². The first-order chi connectivity index (χ1) is 52.3. The number of nitrogens with one attached hydrogen (secondary N) is 6. The van der Waals surface area contributed by atoms with E-state index in [1.54, 1.807) is 18.2 Å². The molecule has 3 amide bonds. The normalized spacial score (nSPS) is 14.1. The van der Waals surface area contributed by atoms with Crippen molar-refractivity contribution >= 4 is 122 Å². The van der Waals surface area contributed by atoms with E-state index in [0.717, 1.165) is 168 Å². The van der Waals surface area contributed by atoms with Gasteiger partial charge in [0.25, 0.3) is 17.7 Å². The smallest absolute Gasteiger partial charge is 0.266 e. The molecular weight excluding hydrogens is 1410 g/mol. The maximum Gasteiger partial charge on any atom is 0.266 e. The van der Waals surface area contributed by atoms with E-state index in [0.29, 0.717) is 60.5 Å². The number of aromatic amines is 1. The van der Waals surface area contributed by atoms with Gasteiger partial charge in [-0.1, -0.05) is 48.5 Å². The molecule has 3 aliphatic rings. The molecule has 0 atom stereocenters. The van der Waals surface area contributed by atoms with Gasteiger partial charge in [-0.05, 0) is 179 Å². The van der Waals surface area contributed by atoms with Crippen molar-refractivity contribution in [2.75, 3.05) is 108 Å². The van der Waals surface area contributed by atoms with Crippen LogP contribution in [-0.4, -0.2) is 159 Å². The third kappa shape index (κ3) is 18.2. The summed E-state index contributed by atoms with van der Waals surface area (Å²) in [5, 5.41) is 18.6. The van der Waals surface area contributed by atoms with E-state index in [9.17, 15) is 14.4 Å². The number of likely N-dealkylation sites (tertiary alicyclic amines) is 1. The van der Waals surface area contributed by atoms with Gasteiger partial charge in [0.15, 0.2) is 11.6 Å². The lowest BCUT2D eigenvalue weighted by molar-refractivity contribution is 0.0342. The molecule has 0 unspecified atom stereocenters. The highest BCUT2D eigenvalue weighted by Gasteiger charge is 2.25. The van der Waals surface area contributed by atoms with E-state index in [4.69, 9.17) is 23.7 Å². The van der Waals surface area contributed by atoms with Crippen molar-refractivity contribution in [2.45, 2.75) is 47.1 Å². The molecule has 0 bridgehead atoms. The lowest BCUT2D eigenvalue weighted by Gasteiger charge is -2.26. The molecule has 3 fully saturated rings. The van der Waals surface area contributed by atoms with Gasteiger partial charge in [-0.25, -0.2) is 34.3 Å². The second-order valence-electron chi connectivity index (χ2n) is 25.9. The monoisotopic (exact) mass is 1490 g/mol. The first-order valence-electron chi connectivity index (χ1n) is 35.5. The van der Waals surface area contributed by atoms with Crippen LogP contribution in [0.5, 0.6) is 34.6 Å². The number of H-pyrrole nitrogens is 1. The van der Waals surface area contributed by atoms with E-state index >= 15 is 4.39 Å². The minimum Gasteiger partial charge on any atom is -0.457 e. The van der Waals surface area contributed by atoms with Crippen LogP contribution >= 0.6 is 34.0 Å². The van der Waals surface area contributed by atoms with Crippen LogP contribution in [0.3, 0.4) is 0 Å². The van der Waals surface area contributed by atoms with Crippen molar-refractivity contribution in [3.05, 3.63) is 219 Å². The Labute approximate surface area is 629 Å². The Hall–Kier alpha value is -10.9. The van der Waals surface area contributed by atoms with Gasteiger partial charge in [0, 0.05) is 92.6 Å². The van der Waals surface area contributed by atoms with Gasteiger partial charge in [0.05, 0.1) is 57.2 Å². The van der Waals surface area contributed by atoms with Crippen LogP contribution in [0.1, 0.15) is 69.8 Å². The van der Waals surface area contributed by atoms with Gasteiger partial charge in [-0.15, -0.1) is 34.0 Å². The van der Waals surface area contributed by atoms with E-state index < -0.39 is 5.82 Å². The number of hydrogen-bond donors (Lipinski definition) is 6. The number of rotatable bonds is 22. The summed E-state index contributed by atoms with van der Waals surface area (Å²) < 4.78 is 43.5. The van der Waals surface area contributed by atoms with Crippen LogP contribution < -0.4 is 40.8 Å². The number of thiophene rings is 3. The summed E-state index contributed by atoms with van der Waals surface area (Å²) >= 11 is 4.05.